The van der Waals surface area contributed by atoms with Gasteiger partial charge in [0, 0.05) is 10.6 Å². The van der Waals surface area contributed by atoms with Crippen molar-refractivity contribution in [1.82, 2.24) is 0 Å². The zero-order valence-corrected chi connectivity index (χ0v) is 9.27. The second-order valence-corrected chi connectivity index (χ2v) is 4.97. The van der Waals surface area contributed by atoms with Crippen LogP contribution in [0.3, 0.4) is 0 Å². The van der Waals surface area contributed by atoms with Crippen molar-refractivity contribution < 1.29 is 0 Å². The maximum Gasteiger partial charge on any atom is 0.0705 e. The van der Waals surface area contributed by atoms with E-state index in [2.05, 4.69) is 49.4 Å². The van der Waals surface area contributed by atoms with Crippen molar-refractivity contribution >= 4 is 5.57 Å². The molecule has 0 aromatic heterocycles. The van der Waals surface area contributed by atoms with Gasteiger partial charge >= 0.3 is 0 Å². The summed E-state index contributed by atoms with van der Waals surface area (Å²) >= 11 is 0. The first kappa shape index (κ1) is 8.51. The number of para-hydroxylation sites is 1. The number of hydrogen-bond donors (Lipinski definition) is 0. The topological polar surface area (TPSA) is 12.4 Å². The monoisotopic (exact) mass is 207 g/mol. The second-order valence-electron chi connectivity index (χ2n) is 4.97. The van der Waals surface area contributed by atoms with E-state index in [-0.39, 0.29) is 5.41 Å². The maximum atomic E-state index is 4.82. The van der Waals surface area contributed by atoms with E-state index in [4.69, 9.17) is 4.99 Å². The van der Waals surface area contributed by atoms with Crippen LogP contribution in [0, 0.1) is 11.3 Å². The Labute approximate surface area is 94.5 Å². The molecule has 1 aromatic carbocycles. The summed E-state index contributed by atoms with van der Waals surface area (Å²) < 4.78 is 0. The lowest BCUT2D eigenvalue weighted by Gasteiger charge is -2.24. The average Bonchev–Trinajstić information content (AvgIpc) is 3.05. The van der Waals surface area contributed by atoms with Crippen LogP contribution in [-0.2, 0) is 0 Å². The van der Waals surface area contributed by atoms with E-state index in [9.17, 15) is 0 Å². The molecule has 1 heteroatoms. The van der Waals surface area contributed by atoms with Gasteiger partial charge in [-0.05, 0) is 31.4 Å². The molecule has 78 valence electrons. The van der Waals surface area contributed by atoms with Crippen LogP contribution in [0.15, 0.2) is 53.2 Å². The van der Waals surface area contributed by atoms with Crippen molar-refractivity contribution in [3.63, 3.8) is 0 Å². The molecule has 0 radical (unpaired) electrons. The second kappa shape index (κ2) is 2.54. The van der Waals surface area contributed by atoms with Crippen molar-refractivity contribution in [1.29, 1.82) is 0 Å². The normalized spacial score (nSPS) is 33.2. The van der Waals surface area contributed by atoms with Crippen LogP contribution in [0.4, 0.5) is 0 Å². The molecule has 1 heterocycles. The minimum Gasteiger partial charge on any atom is -0.252 e. The summed E-state index contributed by atoms with van der Waals surface area (Å²) in [5.41, 5.74) is 3.05. The van der Waals surface area contributed by atoms with E-state index in [0.29, 0.717) is 5.92 Å². The van der Waals surface area contributed by atoms with E-state index < -0.39 is 0 Å². The van der Waals surface area contributed by atoms with Crippen molar-refractivity contribution in [2.24, 2.45) is 16.3 Å². The van der Waals surface area contributed by atoms with Gasteiger partial charge in [-0.15, -0.1) is 0 Å². The van der Waals surface area contributed by atoms with Gasteiger partial charge in [-0.25, -0.2) is 0 Å². The predicted molar refractivity (Wildman–Crippen MR) is 64.1 cm³/mol. The number of nitrogens with zero attached hydrogens (tertiary/aromatic N) is 1. The molecule has 1 spiro atoms. The standard InChI is InChI=1S/C15H13N/c1-10-12-6-2-3-7-13(12)16-14-8-4-5-11-9-15(10,11)14/h2-8,11H,9H2,1H3. The minimum absolute atomic E-state index is 0.267. The lowest BCUT2D eigenvalue weighted by molar-refractivity contribution is 0.702. The Bertz CT molecular complexity index is 663. The average molecular weight is 207 g/mol. The third-order valence-electron chi connectivity index (χ3n) is 4.29. The first-order valence-corrected chi connectivity index (χ1v) is 5.86. The van der Waals surface area contributed by atoms with Crippen LogP contribution in [0.25, 0.3) is 5.57 Å². The summed E-state index contributed by atoms with van der Waals surface area (Å²) in [6.45, 7) is 2.28. The van der Waals surface area contributed by atoms with Crippen molar-refractivity contribution in [2.45, 2.75) is 13.3 Å². The van der Waals surface area contributed by atoms with E-state index in [1.165, 1.54) is 22.9 Å². The van der Waals surface area contributed by atoms with E-state index in [1.54, 1.807) is 0 Å². The van der Waals surface area contributed by atoms with Crippen LogP contribution in [0.1, 0.15) is 13.3 Å². The Balaban J connectivity index is 2.16. The molecule has 1 fully saturated rings. The third-order valence-corrected chi connectivity index (χ3v) is 4.29. The van der Waals surface area contributed by atoms with Gasteiger partial charge in [0.15, 0.2) is 0 Å². The van der Waals surface area contributed by atoms with Crippen LogP contribution in [-0.4, -0.2) is 0 Å². The Morgan fingerprint density at radius 3 is 3.12 bits per heavy atom. The zero-order chi connectivity index (χ0) is 10.8. The van der Waals surface area contributed by atoms with Crippen molar-refractivity contribution in [3.05, 3.63) is 58.8 Å². The summed E-state index contributed by atoms with van der Waals surface area (Å²) in [6, 6.07) is 8.49. The van der Waals surface area contributed by atoms with E-state index in [0.717, 1.165) is 5.36 Å². The molecular formula is C15H13N. The lowest BCUT2D eigenvalue weighted by Crippen LogP contribution is -2.34. The fourth-order valence-corrected chi connectivity index (χ4v) is 3.26. The molecule has 1 nitrogen and oxygen atoms in total. The number of benzene rings is 1. The van der Waals surface area contributed by atoms with Gasteiger partial charge in [0.1, 0.15) is 0 Å². The smallest absolute Gasteiger partial charge is 0.0705 e. The number of allylic oxidation sites excluding steroid dienone is 4. The van der Waals surface area contributed by atoms with E-state index >= 15 is 0 Å². The first-order chi connectivity index (χ1) is 7.82. The van der Waals surface area contributed by atoms with Gasteiger partial charge in [0.25, 0.3) is 0 Å². The van der Waals surface area contributed by atoms with Gasteiger partial charge in [0.05, 0.1) is 11.1 Å². The van der Waals surface area contributed by atoms with Crippen LogP contribution in [0.5, 0.6) is 0 Å². The number of fused-ring (bicyclic) bond motifs is 1. The molecular weight excluding hydrogens is 194 g/mol. The fraction of sp³-hybridized carbons (Fsp3) is 0.267. The molecule has 1 aromatic rings. The minimum atomic E-state index is 0.267. The first-order valence-electron chi connectivity index (χ1n) is 5.86. The molecule has 3 aliphatic rings. The Morgan fingerprint density at radius 1 is 1.31 bits per heavy atom. The van der Waals surface area contributed by atoms with Gasteiger partial charge < -0.3 is 0 Å². The zero-order valence-electron chi connectivity index (χ0n) is 9.27. The fourth-order valence-electron chi connectivity index (χ4n) is 3.26. The third kappa shape index (κ3) is 0.812. The van der Waals surface area contributed by atoms with Crippen molar-refractivity contribution in [2.75, 3.05) is 0 Å². The Hall–Kier alpha value is -1.63. The molecule has 16 heavy (non-hydrogen) atoms. The molecule has 4 rings (SSSR count). The SMILES string of the molecule is CC1=c2ccccc2=NC2=CC=CC3CC213. The van der Waals surface area contributed by atoms with Gasteiger partial charge in [-0.3, -0.25) is 4.99 Å². The molecule has 0 bridgehead atoms. The Kier molecular flexibility index (Phi) is 1.35. The molecule has 1 saturated carbocycles. The highest BCUT2D eigenvalue weighted by Gasteiger charge is 2.58. The molecule has 2 aliphatic carbocycles. The summed E-state index contributed by atoms with van der Waals surface area (Å²) in [4.78, 5) is 4.82. The molecule has 0 amide bonds. The summed E-state index contributed by atoms with van der Waals surface area (Å²) in [5.74, 6) is 0.699. The maximum absolute atomic E-state index is 4.82. The largest absolute Gasteiger partial charge is 0.252 e. The quantitative estimate of drug-likeness (QED) is 0.616. The Morgan fingerprint density at radius 2 is 2.19 bits per heavy atom. The highest BCUT2D eigenvalue weighted by Crippen LogP contribution is 2.65. The van der Waals surface area contributed by atoms with Crippen molar-refractivity contribution in [3.8, 4) is 0 Å². The number of hydrogen-bond acceptors (Lipinski definition) is 1. The molecule has 0 saturated heterocycles. The summed E-state index contributed by atoms with van der Waals surface area (Å²) in [6.07, 6.45) is 7.92. The molecule has 0 N–H and O–H groups in total. The summed E-state index contributed by atoms with van der Waals surface area (Å²) in [7, 11) is 0. The predicted octanol–water partition coefficient (Wildman–Crippen LogP) is 1.95. The van der Waals surface area contributed by atoms with Crippen LogP contribution < -0.4 is 10.6 Å². The van der Waals surface area contributed by atoms with Crippen LogP contribution in [0.2, 0.25) is 0 Å². The molecule has 2 unspecified atom stereocenters. The highest BCUT2D eigenvalue weighted by molar-refractivity contribution is 5.65. The highest BCUT2D eigenvalue weighted by atomic mass is 14.8. The van der Waals surface area contributed by atoms with Gasteiger partial charge in [0.2, 0.25) is 0 Å². The summed E-state index contributed by atoms with van der Waals surface area (Å²) in [5, 5.41) is 2.48. The number of rotatable bonds is 0. The molecule has 2 atom stereocenters. The lowest BCUT2D eigenvalue weighted by atomic mass is 9.85. The molecule has 1 aliphatic heterocycles. The van der Waals surface area contributed by atoms with Gasteiger partial charge in [-0.2, -0.15) is 0 Å². The van der Waals surface area contributed by atoms with E-state index in [1.807, 2.05) is 0 Å². The van der Waals surface area contributed by atoms with Gasteiger partial charge in [-0.1, -0.05) is 35.9 Å². The van der Waals surface area contributed by atoms with Crippen LogP contribution >= 0.6 is 0 Å².